The van der Waals surface area contributed by atoms with Crippen molar-refractivity contribution in [3.63, 3.8) is 0 Å². The first-order valence-electron chi connectivity index (χ1n) is 11.2. The van der Waals surface area contributed by atoms with Crippen LogP contribution in [0.4, 0.5) is 10.5 Å². The fourth-order valence-corrected chi connectivity index (χ4v) is 4.28. The number of benzene rings is 2. The second-order valence-corrected chi connectivity index (χ2v) is 8.46. The van der Waals surface area contributed by atoms with E-state index in [1.807, 2.05) is 53.4 Å². The first-order chi connectivity index (χ1) is 15.6. The minimum Gasteiger partial charge on any atom is -0.497 e. The fraction of sp³-hybridized carbons (Fsp3) is 0.440. The van der Waals surface area contributed by atoms with Crippen molar-refractivity contribution in [1.82, 2.24) is 9.80 Å². The molecule has 0 spiro atoms. The van der Waals surface area contributed by atoms with E-state index in [2.05, 4.69) is 5.32 Å². The molecule has 170 valence electrons. The van der Waals surface area contributed by atoms with Gasteiger partial charge >= 0.3 is 6.03 Å². The van der Waals surface area contributed by atoms with Crippen LogP contribution < -0.4 is 14.8 Å². The molecule has 1 aliphatic carbocycles. The average molecular weight is 438 g/mol. The summed E-state index contributed by atoms with van der Waals surface area (Å²) in [6.07, 6.45) is 3.65. The third-order valence-corrected chi connectivity index (χ3v) is 6.18. The summed E-state index contributed by atoms with van der Waals surface area (Å²) in [4.78, 5) is 30.0. The highest BCUT2D eigenvalue weighted by Gasteiger charge is 2.38. The van der Waals surface area contributed by atoms with E-state index in [0.29, 0.717) is 19.6 Å². The molecule has 0 bridgehead atoms. The normalized spacial score (nSPS) is 18.1. The lowest BCUT2D eigenvalue weighted by molar-refractivity contribution is -0.138. The Morgan fingerprint density at radius 3 is 2.53 bits per heavy atom. The Hall–Kier alpha value is -3.22. The van der Waals surface area contributed by atoms with Crippen LogP contribution in [0, 0.1) is 5.92 Å². The molecular formula is C25H31N3O4. The maximum atomic E-state index is 13.6. The fourth-order valence-electron chi connectivity index (χ4n) is 4.28. The summed E-state index contributed by atoms with van der Waals surface area (Å²) >= 11 is 0. The van der Waals surface area contributed by atoms with Gasteiger partial charge in [-0.25, -0.2) is 4.79 Å². The van der Waals surface area contributed by atoms with E-state index in [1.54, 1.807) is 19.1 Å². The number of piperidine rings is 1. The number of amides is 3. The first kappa shape index (κ1) is 22.0. The van der Waals surface area contributed by atoms with Gasteiger partial charge < -0.3 is 24.6 Å². The van der Waals surface area contributed by atoms with Crippen LogP contribution >= 0.6 is 0 Å². The number of anilines is 1. The summed E-state index contributed by atoms with van der Waals surface area (Å²) in [5.74, 6) is 1.42. The topological polar surface area (TPSA) is 71.1 Å². The van der Waals surface area contributed by atoms with Crippen molar-refractivity contribution in [3.05, 3.63) is 54.1 Å². The Labute approximate surface area is 189 Å². The van der Waals surface area contributed by atoms with E-state index in [9.17, 15) is 9.59 Å². The molecule has 0 radical (unpaired) electrons. The molecule has 2 aromatic rings. The number of rotatable bonds is 7. The summed E-state index contributed by atoms with van der Waals surface area (Å²) in [5.41, 5.74) is 1.69. The quantitative estimate of drug-likeness (QED) is 0.707. The van der Waals surface area contributed by atoms with Crippen molar-refractivity contribution in [2.24, 2.45) is 5.92 Å². The lowest BCUT2D eigenvalue weighted by Gasteiger charge is -2.35. The lowest BCUT2D eigenvalue weighted by atomic mass is 9.96. The Morgan fingerprint density at radius 1 is 1.06 bits per heavy atom. The Morgan fingerprint density at radius 2 is 1.84 bits per heavy atom. The Bertz CT molecular complexity index is 945. The molecule has 0 aromatic heterocycles. The van der Waals surface area contributed by atoms with E-state index in [1.165, 1.54) is 0 Å². The molecule has 1 saturated heterocycles. The number of methoxy groups -OCH3 is 2. The van der Waals surface area contributed by atoms with E-state index in [0.717, 1.165) is 48.4 Å². The van der Waals surface area contributed by atoms with Crippen LogP contribution in [0.25, 0.3) is 0 Å². The molecule has 32 heavy (non-hydrogen) atoms. The molecule has 2 aromatic carbocycles. The van der Waals surface area contributed by atoms with Crippen LogP contribution in [-0.2, 0) is 11.3 Å². The minimum atomic E-state index is -0.192. The highest BCUT2D eigenvalue weighted by Crippen LogP contribution is 2.34. The molecule has 7 nitrogen and oxygen atoms in total. The molecule has 2 fully saturated rings. The van der Waals surface area contributed by atoms with E-state index in [-0.39, 0.29) is 23.9 Å². The first-order valence-corrected chi connectivity index (χ1v) is 11.2. The SMILES string of the molecule is COc1ccc(OC)c(CN(C(=O)C2CCCN(C(=O)Nc3ccccc3)C2)C2CC2)c1. The number of urea groups is 1. The number of likely N-dealkylation sites (tertiary alicyclic amines) is 1. The molecule has 1 N–H and O–H groups in total. The van der Waals surface area contributed by atoms with E-state index in [4.69, 9.17) is 9.47 Å². The van der Waals surface area contributed by atoms with Crippen LogP contribution in [0.1, 0.15) is 31.2 Å². The van der Waals surface area contributed by atoms with Crippen molar-refractivity contribution in [2.75, 3.05) is 32.6 Å². The highest BCUT2D eigenvalue weighted by atomic mass is 16.5. The van der Waals surface area contributed by atoms with Gasteiger partial charge in [-0.05, 0) is 56.0 Å². The highest BCUT2D eigenvalue weighted by molar-refractivity contribution is 5.90. The third kappa shape index (κ3) is 5.15. The maximum absolute atomic E-state index is 13.6. The molecule has 1 aliphatic heterocycles. The standard InChI is InChI=1S/C25H31N3O4/c1-31-22-12-13-23(32-2)19(15-22)17-28(21-10-11-21)24(29)18-7-6-14-27(16-18)25(30)26-20-8-4-3-5-9-20/h3-5,8-9,12-13,15,18,21H,6-7,10-11,14,16-17H2,1-2H3,(H,26,30). The average Bonchev–Trinajstić information content (AvgIpc) is 3.68. The lowest BCUT2D eigenvalue weighted by Crippen LogP contribution is -2.48. The zero-order valence-electron chi connectivity index (χ0n) is 18.8. The second kappa shape index (κ2) is 9.94. The molecule has 1 atom stereocenters. The summed E-state index contributed by atoms with van der Waals surface area (Å²) in [7, 11) is 3.27. The monoisotopic (exact) mass is 437 g/mol. The molecule has 1 saturated carbocycles. The number of nitrogens with zero attached hydrogens (tertiary/aromatic N) is 2. The molecule has 2 aliphatic rings. The zero-order chi connectivity index (χ0) is 22.5. The number of hydrogen-bond acceptors (Lipinski definition) is 4. The number of para-hydroxylation sites is 1. The Balaban J connectivity index is 1.45. The zero-order valence-corrected chi connectivity index (χ0v) is 18.8. The van der Waals surface area contributed by atoms with Crippen LogP contribution in [0.5, 0.6) is 11.5 Å². The number of carbonyl (C=O) groups excluding carboxylic acids is 2. The van der Waals surface area contributed by atoms with Crippen molar-refractivity contribution >= 4 is 17.6 Å². The number of carbonyl (C=O) groups is 2. The predicted molar refractivity (Wildman–Crippen MR) is 123 cm³/mol. The molecule has 4 rings (SSSR count). The molecule has 7 heteroatoms. The van der Waals surface area contributed by atoms with Crippen molar-refractivity contribution in [3.8, 4) is 11.5 Å². The molecule has 1 heterocycles. The molecular weight excluding hydrogens is 406 g/mol. The van der Waals surface area contributed by atoms with Gasteiger partial charge in [0.2, 0.25) is 5.91 Å². The summed E-state index contributed by atoms with van der Waals surface area (Å²) < 4.78 is 10.9. The van der Waals surface area contributed by atoms with E-state index < -0.39 is 0 Å². The number of hydrogen-bond donors (Lipinski definition) is 1. The van der Waals surface area contributed by atoms with Crippen LogP contribution in [0.15, 0.2) is 48.5 Å². The summed E-state index contributed by atoms with van der Waals surface area (Å²) in [5, 5.41) is 2.93. The minimum absolute atomic E-state index is 0.120. The van der Waals surface area contributed by atoms with Gasteiger partial charge in [0.25, 0.3) is 0 Å². The summed E-state index contributed by atoms with van der Waals surface area (Å²) in [6.45, 7) is 1.59. The number of nitrogens with one attached hydrogen (secondary N) is 1. The number of ether oxygens (including phenoxy) is 2. The van der Waals surface area contributed by atoms with Crippen molar-refractivity contribution < 1.29 is 19.1 Å². The van der Waals surface area contributed by atoms with Gasteiger partial charge in [-0.1, -0.05) is 18.2 Å². The van der Waals surface area contributed by atoms with Gasteiger partial charge in [0.05, 0.1) is 20.1 Å². The van der Waals surface area contributed by atoms with Gasteiger partial charge in [0.15, 0.2) is 0 Å². The van der Waals surface area contributed by atoms with Crippen molar-refractivity contribution in [1.29, 1.82) is 0 Å². The maximum Gasteiger partial charge on any atom is 0.321 e. The van der Waals surface area contributed by atoms with Crippen molar-refractivity contribution in [2.45, 2.75) is 38.3 Å². The smallest absolute Gasteiger partial charge is 0.321 e. The second-order valence-electron chi connectivity index (χ2n) is 8.46. The predicted octanol–water partition coefficient (Wildman–Crippen LogP) is 4.14. The van der Waals surface area contributed by atoms with Gasteiger partial charge in [0, 0.05) is 36.9 Å². The molecule has 1 unspecified atom stereocenters. The van der Waals surface area contributed by atoms with E-state index >= 15 is 0 Å². The van der Waals surface area contributed by atoms with Gasteiger partial charge in [-0.15, -0.1) is 0 Å². The van der Waals surface area contributed by atoms with Crippen LogP contribution in [-0.4, -0.2) is 55.1 Å². The van der Waals surface area contributed by atoms with Gasteiger partial charge in [-0.3, -0.25) is 4.79 Å². The summed E-state index contributed by atoms with van der Waals surface area (Å²) in [6, 6.07) is 15.2. The van der Waals surface area contributed by atoms with Gasteiger partial charge in [-0.2, -0.15) is 0 Å². The largest absolute Gasteiger partial charge is 0.497 e. The van der Waals surface area contributed by atoms with Gasteiger partial charge in [0.1, 0.15) is 11.5 Å². The van der Waals surface area contributed by atoms with Crippen LogP contribution in [0.2, 0.25) is 0 Å². The third-order valence-electron chi connectivity index (χ3n) is 6.18. The molecule has 3 amide bonds. The Kier molecular flexibility index (Phi) is 6.83. The van der Waals surface area contributed by atoms with Crippen LogP contribution in [0.3, 0.4) is 0 Å².